The molecule has 1 aliphatic rings. The summed E-state index contributed by atoms with van der Waals surface area (Å²) in [6, 6.07) is 0. The number of hydrogen-bond donors (Lipinski definition) is 1. The van der Waals surface area contributed by atoms with Gasteiger partial charge in [0.05, 0.1) is 18.5 Å². The molecule has 4 nitrogen and oxygen atoms in total. The summed E-state index contributed by atoms with van der Waals surface area (Å²) >= 11 is 5.71. The first kappa shape index (κ1) is 10.6. The summed E-state index contributed by atoms with van der Waals surface area (Å²) in [6.07, 6.45) is 6.96. The van der Waals surface area contributed by atoms with Gasteiger partial charge in [0.15, 0.2) is 0 Å². The van der Waals surface area contributed by atoms with Crippen molar-refractivity contribution in [1.82, 2.24) is 9.97 Å². The van der Waals surface area contributed by atoms with Crippen molar-refractivity contribution in [1.29, 1.82) is 0 Å². The molecule has 1 aromatic rings. The molecule has 1 fully saturated rings. The molecule has 82 valence electrons. The van der Waals surface area contributed by atoms with E-state index in [9.17, 15) is 0 Å². The molecule has 1 unspecified atom stereocenters. The second kappa shape index (κ2) is 5.28. The largest absolute Gasteiger partial charge is 0.378 e. The van der Waals surface area contributed by atoms with Gasteiger partial charge in [0.2, 0.25) is 0 Å². The Morgan fingerprint density at radius 1 is 1.53 bits per heavy atom. The molecule has 0 radical (unpaired) electrons. The number of ether oxygens (including phenoxy) is 1. The Hall–Kier alpha value is -0.870. The molecule has 0 bridgehead atoms. The van der Waals surface area contributed by atoms with E-state index in [1.165, 1.54) is 19.0 Å². The van der Waals surface area contributed by atoms with Crippen LogP contribution in [0.25, 0.3) is 0 Å². The summed E-state index contributed by atoms with van der Waals surface area (Å²) in [4.78, 5) is 8.03. The van der Waals surface area contributed by atoms with Gasteiger partial charge in [0.1, 0.15) is 11.0 Å². The smallest absolute Gasteiger partial charge is 0.149 e. The third-order valence-corrected chi connectivity index (χ3v) is 2.58. The summed E-state index contributed by atoms with van der Waals surface area (Å²) in [5.41, 5.74) is 0. The molecular formula is C10H14ClN3O. The highest BCUT2D eigenvalue weighted by Crippen LogP contribution is 2.15. The Morgan fingerprint density at radius 2 is 2.47 bits per heavy atom. The number of rotatable bonds is 4. The van der Waals surface area contributed by atoms with E-state index < -0.39 is 0 Å². The van der Waals surface area contributed by atoms with Crippen LogP contribution in [0.3, 0.4) is 0 Å². The van der Waals surface area contributed by atoms with Crippen molar-refractivity contribution < 1.29 is 4.74 Å². The summed E-state index contributed by atoms with van der Waals surface area (Å²) in [5, 5.41) is 3.59. The van der Waals surface area contributed by atoms with Crippen LogP contribution in [0, 0.1) is 0 Å². The Morgan fingerprint density at radius 3 is 3.20 bits per heavy atom. The van der Waals surface area contributed by atoms with Crippen LogP contribution in [0.15, 0.2) is 12.4 Å². The third-order valence-electron chi connectivity index (χ3n) is 2.40. The highest BCUT2D eigenvalue weighted by Gasteiger charge is 2.14. The average molecular weight is 228 g/mol. The van der Waals surface area contributed by atoms with Gasteiger partial charge in [-0.2, -0.15) is 0 Å². The molecule has 1 atom stereocenters. The molecule has 2 rings (SSSR count). The van der Waals surface area contributed by atoms with Crippen molar-refractivity contribution in [2.45, 2.75) is 25.4 Å². The maximum atomic E-state index is 5.71. The second-order valence-corrected chi connectivity index (χ2v) is 3.96. The van der Waals surface area contributed by atoms with Gasteiger partial charge in [0.25, 0.3) is 0 Å². The summed E-state index contributed by atoms with van der Waals surface area (Å²) < 4.78 is 5.51. The predicted octanol–water partition coefficient (Wildman–Crippen LogP) is 2.11. The minimum atomic E-state index is 0.407. The second-order valence-electron chi connectivity index (χ2n) is 3.58. The lowest BCUT2D eigenvalue weighted by Crippen LogP contribution is -2.13. The molecular weight excluding hydrogens is 214 g/mol. The topological polar surface area (TPSA) is 47.0 Å². The molecule has 1 aromatic heterocycles. The predicted molar refractivity (Wildman–Crippen MR) is 59.1 cm³/mol. The van der Waals surface area contributed by atoms with Gasteiger partial charge in [-0.1, -0.05) is 11.6 Å². The molecule has 1 N–H and O–H groups in total. The van der Waals surface area contributed by atoms with E-state index in [0.29, 0.717) is 11.3 Å². The van der Waals surface area contributed by atoms with Crippen molar-refractivity contribution >= 4 is 17.4 Å². The number of aromatic nitrogens is 2. The normalized spacial score (nSPS) is 20.5. The molecule has 15 heavy (non-hydrogen) atoms. The Bertz CT molecular complexity index is 315. The summed E-state index contributed by atoms with van der Waals surface area (Å²) in [7, 11) is 0. The standard InChI is InChI=1S/C10H14ClN3O/c11-9-6-12-7-10(14-9)13-4-3-8-2-1-5-15-8/h6-8H,1-5H2,(H,13,14). The van der Waals surface area contributed by atoms with E-state index in [4.69, 9.17) is 16.3 Å². The fraction of sp³-hybridized carbons (Fsp3) is 0.600. The van der Waals surface area contributed by atoms with Gasteiger partial charge in [-0.25, -0.2) is 4.98 Å². The molecule has 2 heterocycles. The van der Waals surface area contributed by atoms with Gasteiger partial charge in [-0.05, 0) is 19.3 Å². The van der Waals surface area contributed by atoms with Gasteiger partial charge in [-0.15, -0.1) is 0 Å². The average Bonchev–Trinajstić information content (AvgIpc) is 2.71. The van der Waals surface area contributed by atoms with Gasteiger partial charge in [-0.3, -0.25) is 4.98 Å². The quantitative estimate of drug-likeness (QED) is 0.856. The molecule has 0 spiro atoms. The minimum Gasteiger partial charge on any atom is -0.378 e. The Kier molecular flexibility index (Phi) is 3.75. The summed E-state index contributed by atoms with van der Waals surface area (Å²) in [6.45, 7) is 1.75. The van der Waals surface area contributed by atoms with Crippen molar-refractivity contribution in [3.63, 3.8) is 0 Å². The van der Waals surface area contributed by atoms with E-state index in [-0.39, 0.29) is 0 Å². The van der Waals surface area contributed by atoms with Gasteiger partial charge >= 0.3 is 0 Å². The van der Waals surface area contributed by atoms with Crippen LogP contribution in [0.2, 0.25) is 5.15 Å². The van der Waals surface area contributed by atoms with Gasteiger partial charge < -0.3 is 10.1 Å². The Labute approximate surface area is 94.0 Å². The highest BCUT2D eigenvalue weighted by atomic mass is 35.5. The van der Waals surface area contributed by atoms with E-state index in [1.807, 2.05) is 0 Å². The summed E-state index contributed by atoms with van der Waals surface area (Å²) in [5.74, 6) is 0.723. The fourth-order valence-electron chi connectivity index (χ4n) is 1.66. The minimum absolute atomic E-state index is 0.407. The van der Waals surface area contributed by atoms with Crippen LogP contribution >= 0.6 is 11.6 Å². The molecule has 5 heteroatoms. The fourth-order valence-corrected chi connectivity index (χ4v) is 1.81. The van der Waals surface area contributed by atoms with E-state index in [2.05, 4.69) is 15.3 Å². The zero-order chi connectivity index (χ0) is 10.5. The lowest BCUT2D eigenvalue weighted by atomic mass is 10.2. The first-order chi connectivity index (χ1) is 7.34. The Balaban J connectivity index is 1.73. The van der Waals surface area contributed by atoms with Crippen molar-refractivity contribution in [3.8, 4) is 0 Å². The van der Waals surface area contributed by atoms with Crippen molar-refractivity contribution in [3.05, 3.63) is 17.5 Å². The van der Waals surface area contributed by atoms with E-state index >= 15 is 0 Å². The first-order valence-electron chi connectivity index (χ1n) is 5.17. The molecule has 0 aliphatic carbocycles. The van der Waals surface area contributed by atoms with Crippen LogP contribution in [-0.4, -0.2) is 29.2 Å². The van der Waals surface area contributed by atoms with Crippen LogP contribution in [0.5, 0.6) is 0 Å². The highest BCUT2D eigenvalue weighted by molar-refractivity contribution is 6.29. The SMILES string of the molecule is Clc1cncc(NCCC2CCCO2)n1. The number of nitrogens with one attached hydrogen (secondary N) is 1. The molecule has 0 amide bonds. The maximum Gasteiger partial charge on any atom is 0.149 e. The number of hydrogen-bond acceptors (Lipinski definition) is 4. The van der Waals surface area contributed by atoms with Crippen molar-refractivity contribution in [2.75, 3.05) is 18.5 Å². The zero-order valence-electron chi connectivity index (χ0n) is 8.45. The van der Waals surface area contributed by atoms with Crippen molar-refractivity contribution in [2.24, 2.45) is 0 Å². The lowest BCUT2D eigenvalue weighted by molar-refractivity contribution is 0.107. The molecule has 0 saturated carbocycles. The monoisotopic (exact) mass is 227 g/mol. The van der Waals surface area contributed by atoms with Gasteiger partial charge in [0, 0.05) is 13.2 Å². The van der Waals surface area contributed by atoms with E-state index in [0.717, 1.165) is 25.4 Å². The lowest BCUT2D eigenvalue weighted by Gasteiger charge is -2.09. The van der Waals surface area contributed by atoms with Crippen LogP contribution < -0.4 is 5.32 Å². The van der Waals surface area contributed by atoms with E-state index in [1.54, 1.807) is 6.20 Å². The zero-order valence-corrected chi connectivity index (χ0v) is 9.20. The molecule has 0 aromatic carbocycles. The molecule has 1 aliphatic heterocycles. The third kappa shape index (κ3) is 3.32. The molecule has 1 saturated heterocycles. The number of nitrogens with zero attached hydrogens (tertiary/aromatic N) is 2. The maximum absolute atomic E-state index is 5.71. The number of halogens is 1. The van der Waals surface area contributed by atoms with Crippen LogP contribution in [0.1, 0.15) is 19.3 Å². The number of anilines is 1. The van der Waals surface area contributed by atoms with Crippen LogP contribution in [-0.2, 0) is 4.74 Å². The van der Waals surface area contributed by atoms with Crippen LogP contribution in [0.4, 0.5) is 5.82 Å². The first-order valence-corrected chi connectivity index (χ1v) is 5.55.